The van der Waals surface area contributed by atoms with E-state index >= 15 is 0 Å². The largest absolute Gasteiger partial charge is 0.507 e. The third kappa shape index (κ3) is 2.47. The van der Waals surface area contributed by atoms with E-state index in [1.807, 2.05) is 18.2 Å². The lowest BCUT2D eigenvalue weighted by Crippen LogP contribution is -1.97. The highest BCUT2D eigenvalue weighted by Gasteiger charge is 2.13. The van der Waals surface area contributed by atoms with Crippen molar-refractivity contribution in [3.05, 3.63) is 41.4 Å². The molecule has 98 valence electrons. The summed E-state index contributed by atoms with van der Waals surface area (Å²) >= 11 is 5.97. The molecule has 1 aliphatic heterocycles. The van der Waals surface area contributed by atoms with E-state index in [0.717, 1.165) is 17.7 Å². The zero-order valence-corrected chi connectivity index (χ0v) is 11.0. The monoisotopic (exact) mass is 276 g/mol. The summed E-state index contributed by atoms with van der Waals surface area (Å²) in [5.74, 6) is 1.64. The van der Waals surface area contributed by atoms with Gasteiger partial charge in [0, 0.05) is 17.0 Å². The fourth-order valence-corrected chi connectivity index (χ4v) is 2.24. The van der Waals surface area contributed by atoms with Crippen LogP contribution in [-0.2, 0) is 0 Å². The summed E-state index contributed by atoms with van der Waals surface area (Å²) in [6.45, 7) is 1.30. The number of halogens is 1. The van der Waals surface area contributed by atoms with E-state index < -0.39 is 0 Å². The maximum atomic E-state index is 9.92. The summed E-state index contributed by atoms with van der Waals surface area (Å²) in [5.41, 5.74) is 1.53. The molecule has 0 spiro atoms. The van der Waals surface area contributed by atoms with Crippen molar-refractivity contribution in [3.63, 3.8) is 0 Å². The number of ether oxygens (including phenoxy) is 2. The van der Waals surface area contributed by atoms with Crippen LogP contribution in [0.1, 0.15) is 6.42 Å². The van der Waals surface area contributed by atoms with Crippen LogP contribution >= 0.6 is 11.6 Å². The number of rotatable bonds is 1. The Bertz CT molecular complexity index is 610. The fourth-order valence-electron chi connectivity index (χ4n) is 2.07. The molecular weight excluding hydrogens is 264 g/mol. The number of hydrogen-bond donors (Lipinski definition) is 1. The molecule has 4 heteroatoms. The molecule has 3 nitrogen and oxygen atoms in total. The number of phenols is 1. The Kier molecular flexibility index (Phi) is 3.22. The minimum atomic E-state index is 0.193. The van der Waals surface area contributed by atoms with Gasteiger partial charge in [-0.25, -0.2) is 0 Å². The molecule has 3 rings (SSSR count). The van der Waals surface area contributed by atoms with E-state index in [1.165, 1.54) is 0 Å². The normalized spacial score (nSPS) is 13.9. The van der Waals surface area contributed by atoms with Crippen molar-refractivity contribution in [2.45, 2.75) is 6.42 Å². The van der Waals surface area contributed by atoms with Crippen LogP contribution in [-0.4, -0.2) is 18.3 Å². The lowest BCUT2D eigenvalue weighted by atomic mass is 10.0. The average molecular weight is 277 g/mol. The van der Waals surface area contributed by atoms with Crippen LogP contribution in [0.25, 0.3) is 11.1 Å². The summed E-state index contributed by atoms with van der Waals surface area (Å²) in [6.07, 6.45) is 0.867. The van der Waals surface area contributed by atoms with Gasteiger partial charge in [0.2, 0.25) is 0 Å². The highest BCUT2D eigenvalue weighted by Crippen LogP contribution is 2.38. The molecular formula is C15H13ClO3. The summed E-state index contributed by atoms with van der Waals surface area (Å²) in [6, 6.07) is 10.6. The molecule has 0 bridgehead atoms. The second-order valence-electron chi connectivity index (χ2n) is 4.37. The van der Waals surface area contributed by atoms with Crippen molar-refractivity contribution in [1.82, 2.24) is 0 Å². The summed E-state index contributed by atoms with van der Waals surface area (Å²) in [7, 11) is 0. The van der Waals surface area contributed by atoms with Crippen molar-refractivity contribution in [1.29, 1.82) is 0 Å². The van der Waals surface area contributed by atoms with Crippen LogP contribution < -0.4 is 9.47 Å². The molecule has 0 aromatic heterocycles. The van der Waals surface area contributed by atoms with Gasteiger partial charge in [-0.3, -0.25) is 0 Å². The Morgan fingerprint density at radius 3 is 2.58 bits per heavy atom. The van der Waals surface area contributed by atoms with Crippen molar-refractivity contribution >= 4 is 11.6 Å². The number of aromatic hydroxyl groups is 1. The summed E-state index contributed by atoms with van der Waals surface area (Å²) < 4.78 is 11.2. The Morgan fingerprint density at radius 2 is 1.74 bits per heavy atom. The predicted molar refractivity (Wildman–Crippen MR) is 74.2 cm³/mol. The zero-order chi connectivity index (χ0) is 13.2. The average Bonchev–Trinajstić information content (AvgIpc) is 2.66. The van der Waals surface area contributed by atoms with Crippen molar-refractivity contribution < 1.29 is 14.6 Å². The van der Waals surface area contributed by atoms with E-state index in [4.69, 9.17) is 21.1 Å². The van der Waals surface area contributed by atoms with Crippen molar-refractivity contribution in [2.24, 2.45) is 0 Å². The molecule has 0 aliphatic carbocycles. The molecule has 1 heterocycles. The molecule has 0 amide bonds. The molecule has 0 fully saturated rings. The maximum absolute atomic E-state index is 9.92. The van der Waals surface area contributed by atoms with E-state index in [0.29, 0.717) is 29.5 Å². The van der Waals surface area contributed by atoms with E-state index in [9.17, 15) is 5.11 Å². The van der Waals surface area contributed by atoms with Crippen molar-refractivity contribution in [3.8, 4) is 28.4 Å². The highest BCUT2D eigenvalue weighted by atomic mass is 35.5. The van der Waals surface area contributed by atoms with E-state index in [-0.39, 0.29) is 5.75 Å². The molecule has 1 N–H and O–H groups in total. The van der Waals surface area contributed by atoms with E-state index in [1.54, 1.807) is 18.2 Å². The number of benzene rings is 2. The lowest BCUT2D eigenvalue weighted by molar-refractivity contribution is 0.297. The van der Waals surface area contributed by atoms with Gasteiger partial charge in [0.25, 0.3) is 0 Å². The van der Waals surface area contributed by atoms with Gasteiger partial charge in [-0.15, -0.1) is 0 Å². The zero-order valence-electron chi connectivity index (χ0n) is 10.2. The van der Waals surface area contributed by atoms with E-state index in [2.05, 4.69) is 0 Å². The van der Waals surface area contributed by atoms with Crippen LogP contribution in [0.4, 0.5) is 0 Å². The molecule has 0 saturated carbocycles. The van der Waals surface area contributed by atoms with Gasteiger partial charge >= 0.3 is 0 Å². The van der Waals surface area contributed by atoms with Gasteiger partial charge in [-0.2, -0.15) is 0 Å². The first-order valence-electron chi connectivity index (χ1n) is 6.12. The minimum absolute atomic E-state index is 0.193. The molecule has 0 atom stereocenters. The molecule has 0 radical (unpaired) electrons. The Morgan fingerprint density at radius 1 is 0.947 bits per heavy atom. The first kappa shape index (κ1) is 12.2. The van der Waals surface area contributed by atoms with Gasteiger partial charge in [0.05, 0.1) is 13.2 Å². The molecule has 2 aromatic rings. The van der Waals surface area contributed by atoms with Crippen LogP contribution in [0.3, 0.4) is 0 Å². The first-order valence-corrected chi connectivity index (χ1v) is 6.50. The molecule has 2 aromatic carbocycles. The van der Waals surface area contributed by atoms with Crippen LogP contribution in [0, 0.1) is 0 Å². The summed E-state index contributed by atoms with van der Waals surface area (Å²) in [4.78, 5) is 0. The maximum Gasteiger partial charge on any atom is 0.161 e. The second-order valence-corrected chi connectivity index (χ2v) is 4.81. The van der Waals surface area contributed by atoms with Crippen molar-refractivity contribution in [2.75, 3.05) is 13.2 Å². The smallest absolute Gasteiger partial charge is 0.161 e. The van der Waals surface area contributed by atoms with Gasteiger partial charge in [0.15, 0.2) is 11.5 Å². The third-order valence-corrected chi connectivity index (χ3v) is 3.25. The lowest BCUT2D eigenvalue weighted by Gasteiger charge is -2.10. The number of fused-ring (bicyclic) bond motifs is 1. The summed E-state index contributed by atoms with van der Waals surface area (Å²) in [5, 5.41) is 10.5. The number of phenolic OH excluding ortho intramolecular Hbond substituents is 1. The predicted octanol–water partition coefficient (Wildman–Crippen LogP) is 3.87. The molecule has 0 unspecified atom stereocenters. The van der Waals surface area contributed by atoms with Crippen LogP contribution in [0.15, 0.2) is 36.4 Å². The first-order chi connectivity index (χ1) is 9.24. The van der Waals surface area contributed by atoms with Gasteiger partial charge in [0.1, 0.15) is 5.75 Å². The topological polar surface area (TPSA) is 38.7 Å². The van der Waals surface area contributed by atoms with Crippen LogP contribution in [0.5, 0.6) is 17.2 Å². The molecule has 19 heavy (non-hydrogen) atoms. The Hall–Kier alpha value is -1.87. The minimum Gasteiger partial charge on any atom is -0.507 e. The number of hydrogen-bond acceptors (Lipinski definition) is 3. The SMILES string of the molecule is Oc1ccc(Cl)cc1-c1ccc2c(c1)OCCCO2. The quantitative estimate of drug-likeness (QED) is 0.859. The second kappa shape index (κ2) is 5.02. The molecule has 0 saturated heterocycles. The van der Waals surface area contributed by atoms with Crippen LogP contribution in [0.2, 0.25) is 5.02 Å². The Labute approximate surface area is 116 Å². The van der Waals surface area contributed by atoms with Gasteiger partial charge in [-0.05, 0) is 35.9 Å². The Balaban J connectivity index is 2.06. The van der Waals surface area contributed by atoms with Gasteiger partial charge in [-0.1, -0.05) is 17.7 Å². The third-order valence-electron chi connectivity index (χ3n) is 3.02. The van der Waals surface area contributed by atoms with Gasteiger partial charge < -0.3 is 14.6 Å². The fraction of sp³-hybridized carbons (Fsp3) is 0.200. The standard InChI is InChI=1S/C15H13ClO3/c16-11-3-4-13(17)12(9-11)10-2-5-14-15(8-10)19-7-1-6-18-14/h2-5,8-9,17H,1,6-7H2. The highest BCUT2D eigenvalue weighted by molar-refractivity contribution is 6.31. The molecule has 1 aliphatic rings.